The molecule has 1 amide bonds. The highest BCUT2D eigenvalue weighted by Crippen LogP contribution is 2.39. The van der Waals surface area contributed by atoms with Crippen molar-refractivity contribution in [3.63, 3.8) is 0 Å². The smallest absolute Gasteiger partial charge is 0.341 e. The van der Waals surface area contributed by atoms with Gasteiger partial charge in [-0.2, -0.15) is 0 Å². The molecule has 2 aromatic carbocycles. The quantitative estimate of drug-likeness (QED) is 0.448. The Bertz CT molecular complexity index is 1440. The van der Waals surface area contributed by atoms with E-state index in [1.54, 1.807) is 19.1 Å². The summed E-state index contributed by atoms with van der Waals surface area (Å²) in [6, 6.07) is 13.3. The van der Waals surface area contributed by atoms with Crippen LogP contribution in [0.25, 0.3) is 0 Å². The third-order valence-corrected chi connectivity index (χ3v) is 9.81. The lowest BCUT2D eigenvalue weighted by atomic mass is 9.95. The second-order valence-electron chi connectivity index (χ2n) is 9.10. The summed E-state index contributed by atoms with van der Waals surface area (Å²) in [5, 5.41) is 3.33. The number of ether oxygens (including phenoxy) is 1. The van der Waals surface area contributed by atoms with Gasteiger partial charge in [-0.3, -0.25) is 9.10 Å². The van der Waals surface area contributed by atoms with Gasteiger partial charge in [-0.15, -0.1) is 11.3 Å². The van der Waals surface area contributed by atoms with E-state index in [0.717, 1.165) is 41.7 Å². The number of hydrogen-bond acceptors (Lipinski definition) is 6. The Hall–Kier alpha value is -3.17. The van der Waals surface area contributed by atoms with Crippen LogP contribution in [0.1, 0.15) is 63.4 Å². The van der Waals surface area contributed by atoms with Gasteiger partial charge in [0.15, 0.2) is 0 Å². The zero-order valence-corrected chi connectivity index (χ0v) is 21.9. The lowest BCUT2D eigenvalue weighted by Gasteiger charge is -2.24. The minimum absolute atomic E-state index is 0.0507. The molecule has 2 heterocycles. The Labute approximate surface area is 215 Å². The molecule has 1 N–H and O–H groups in total. The highest BCUT2D eigenvalue weighted by atomic mass is 32.2. The number of fused-ring (bicyclic) bond motifs is 2. The zero-order valence-electron chi connectivity index (χ0n) is 20.2. The molecule has 0 saturated heterocycles. The summed E-state index contributed by atoms with van der Waals surface area (Å²) < 4.78 is 34.0. The molecule has 1 aliphatic carbocycles. The largest absolute Gasteiger partial charge is 0.462 e. The number of sulfonamides is 1. The Morgan fingerprint density at radius 1 is 1.11 bits per heavy atom. The number of carbonyl (C=O) groups is 2. The van der Waals surface area contributed by atoms with Gasteiger partial charge in [-0.25, -0.2) is 13.2 Å². The van der Waals surface area contributed by atoms with E-state index in [9.17, 15) is 18.0 Å². The van der Waals surface area contributed by atoms with E-state index < -0.39 is 21.9 Å². The molecule has 1 aromatic heterocycles. The molecular weight excluding hydrogens is 496 g/mol. The van der Waals surface area contributed by atoms with E-state index in [-0.39, 0.29) is 23.1 Å². The first-order chi connectivity index (χ1) is 17.3. The van der Waals surface area contributed by atoms with Crippen LogP contribution in [0.4, 0.5) is 10.7 Å². The molecule has 5 rings (SSSR count). The normalized spacial score (nSPS) is 16.8. The highest BCUT2D eigenvalue weighted by molar-refractivity contribution is 7.92. The minimum Gasteiger partial charge on any atom is -0.462 e. The Kier molecular flexibility index (Phi) is 6.61. The molecular formula is C27H28N2O5S2. The highest BCUT2D eigenvalue weighted by Gasteiger charge is 2.36. The number of esters is 1. The number of aryl methyl sites for hydroxylation is 1. The average Bonchev–Trinajstić information content (AvgIpc) is 3.40. The van der Waals surface area contributed by atoms with Gasteiger partial charge in [-0.1, -0.05) is 24.3 Å². The molecule has 9 heteroatoms. The van der Waals surface area contributed by atoms with E-state index in [1.807, 2.05) is 31.2 Å². The van der Waals surface area contributed by atoms with Gasteiger partial charge >= 0.3 is 5.97 Å². The van der Waals surface area contributed by atoms with E-state index in [1.165, 1.54) is 27.8 Å². The van der Waals surface area contributed by atoms with Crippen LogP contribution in [0.5, 0.6) is 0 Å². The summed E-state index contributed by atoms with van der Waals surface area (Å²) in [5.74, 6) is -0.906. The minimum atomic E-state index is -3.88. The first kappa shape index (κ1) is 24.5. The van der Waals surface area contributed by atoms with Gasteiger partial charge in [0.25, 0.3) is 15.9 Å². The molecule has 36 heavy (non-hydrogen) atoms. The maximum absolute atomic E-state index is 13.6. The van der Waals surface area contributed by atoms with Crippen LogP contribution in [-0.4, -0.2) is 32.9 Å². The van der Waals surface area contributed by atoms with Crippen molar-refractivity contribution < 1.29 is 22.7 Å². The average molecular weight is 525 g/mol. The van der Waals surface area contributed by atoms with Crippen molar-refractivity contribution in [3.05, 3.63) is 75.7 Å². The molecule has 0 unspecified atom stereocenters. The third-order valence-electron chi connectivity index (χ3n) is 6.68. The van der Waals surface area contributed by atoms with Crippen LogP contribution >= 0.6 is 11.3 Å². The Morgan fingerprint density at radius 3 is 2.69 bits per heavy atom. The maximum atomic E-state index is 13.6. The molecule has 0 bridgehead atoms. The van der Waals surface area contributed by atoms with Crippen molar-refractivity contribution in [1.29, 1.82) is 0 Å². The Balaban J connectivity index is 1.45. The van der Waals surface area contributed by atoms with Crippen molar-refractivity contribution in [1.82, 2.24) is 0 Å². The summed E-state index contributed by atoms with van der Waals surface area (Å²) in [7, 11) is -3.88. The van der Waals surface area contributed by atoms with Crippen molar-refractivity contribution in [2.24, 2.45) is 0 Å². The number of para-hydroxylation sites is 1. The molecule has 1 aliphatic heterocycles. The number of nitrogens with one attached hydrogen (secondary N) is 1. The van der Waals surface area contributed by atoms with Crippen LogP contribution in [0, 0.1) is 0 Å². The zero-order chi connectivity index (χ0) is 25.4. The Morgan fingerprint density at radius 2 is 1.89 bits per heavy atom. The van der Waals surface area contributed by atoms with Gasteiger partial charge in [0, 0.05) is 16.5 Å². The van der Waals surface area contributed by atoms with Crippen molar-refractivity contribution >= 4 is 43.9 Å². The summed E-state index contributed by atoms with van der Waals surface area (Å²) >= 11 is 1.40. The number of carbonyl (C=O) groups excluding carboxylic acids is 2. The van der Waals surface area contributed by atoms with E-state index in [2.05, 4.69) is 5.32 Å². The lowest BCUT2D eigenvalue weighted by molar-refractivity contribution is 0.0526. The number of thiophene rings is 1. The van der Waals surface area contributed by atoms with Crippen molar-refractivity contribution in [2.75, 3.05) is 16.2 Å². The first-order valence-electron chi connectivity index (χ1n) is 12.2. The van der Waals surface area contributed by atoms with Gasteiger partial charge < -0.3 is 10.1 Å². The monoisotopic (exact) mass is 524 g/mol. The molecule has 3 aromatic rings. The van der Waals surface area contributed by atoms with Gasteiger partial charge in [0.1, 0.15) is 5.00 Å². The standard InChI is InChI=1S/C27H28N2O5S2/c1-3-34-27(31)24-21-12-5-7-14-23(21)35-26(24)28-25(30)19-10-8-11-20(16-19)36(32,33)29-17(2)15-18-9-4-6-13-22(18)29/h4,6,8-11,13,16-17H,3,5,7,12,14-15H2,1-2H3,(H,28,30)/t17-/m0/s1. The van der Waals surface area contributed by atoms with E-state index in [0.29, 0.717) is 22.7 Å². The first-order valence-corrected chi connectivity index (χ1v) is 14.4. The van der Waals surface area contributed by atoms with Gasteiger partial charge in [0.2, 0.25) is 0 Å². The fraction of sp³-hybridized carbons (Fsp3) is 0.333. The number of nitrogens with zero attached hydrogens (tertiary/aromatic N) is 1. The summed E-state index contributed by atoms with van der Waals surface area (Å²) in [5.41, 5.74) is 3.24. The summed E-state index contributed by atoms with van der Waals surface area (Å²) in [6.45, 7) is 3.87. The van der Waals surface area contributed by atoms with Crippen LogP contribution < -0.4 is 9.62 Å². The van der Waals surface area contributed by atoms with Crippen LogP contribution in [-0.2, 0) is 34.0 Å². The second-order valence-corrected chi connectivity index (χ2v) is 12.0. The van der Waals surface area contributed by atoms with Crippen LogP contribution in [0.15, 0.2) is 53.4 Å². The fourth-order valence-electron chi connectivity index (χ4n) is 5.06. The van der Waals surface area contributed by atoms with Crippen LogP contribution in [0.3, 0.4) is 0 Å². The SMILES string of the molecule is CCOC(=O)c1c(NC(=O)c2cccc(S(=O)(=O)N3c4ccccc4C[C@@H]3C)c2)sc2c1CCCC2. The van der Waals surface area contributed by atoms with E-state index in [4.69, 9.17) is 4.74 Å². The fourth-order valence-corrected chi connectivity index (χ4v) is 8.07. The number of amides is 1. The maximum Gasteiger partial charge on any atom is 0.341 e. The van der Waals surface area contributed by atoms with Crippen molar-refractivity contribution in [2.45, 2.75) is 56.9 Å². The molecule has 1 atom stereocenters. The molecule has 0 radical (unpaired) electrons. The van der Waals surface area contributed by atoms with Gasteiger partial charge in [0.05, 0.1) is 22.8 Å². The summed E-state index contributed by atoms with van der Waals surface area (Å²) in [4.78, 5) is 27.1. The molecule has 0 saturated carbocycles. The van der Waals surface area contributed by atoms with Gasteiger partial charge in [-0.05, 0) is 81.3 Å². The van der Waals surface area contributed by atoms with Crippen molar-refractivity contribution in [3.8, 4) is 0 Å². The number of benzene rings is 2. The molecule has 2 aliphatic rings. The topological polar surface area (TPSA) is 92.8 Å². The number of anilines is 2. The van der Waals surface area contributed by atoms with Crippen LogP contribution in [0.2, 0.25) is 0 Å². The predicted molar refractivity (Wildman–Crippen MR) is 141 cm³/mol. The second kappa shape index (κ2) is 9.71. The van der Waals surface area contributed by atoms with E-state index >= 15 is 0 Å². The summed E-state index contributed by atoms with van der Waals surface area (Å²) in [6.07, 6.45) is 4.31. The lowest BCUT2D eigenvalue weighted by Crippen LogP contribution is -2.35. The number of hydrogen-bond donors (Lipinski definition) is 1. The molecule has 0 fully saturated rings. The number of rotatable bonds is 6. The molecule has 188 valence electrons. The molecule has 0 spiro atoms. The predicted octanol–water partition coefficient (Wildman–Crippen LogP) is 5.20. The third kappa shape index (κ3) is 4.30. The molecule has 7 nitrogen and oxygen atoms in total.